The van der Waals surface area contributed by atoms with E-state index >= 15 is 0 Å². The zero-order chi connectivity index (χ0) is 15.8. The molecule has 0 N–H and O–H groups in total. The monoisotopic (exact) mass is 316 g/mol. The molecule has 0 bridgehead atoms. The Morgan fingerprint density at radius 1 is 1.09 bits per heavy atom. The summed E-state index contributed by atoms with van der Waals surface area (Å²) in [5, 5.41) is 0.506. The van der Waals surface area contributed by atoms with E-state index in [-0.39, 0.29) is 0 Å². The molecule has 0 fully saturated rings. The van der Waals surface area contributed by atoms with Crippen molar-refractivity contribution in [3.63, 3.8) is 0 Å². The molecule has 3 nitrogen and oxygen atoms in total. The van der Waals surface area contributed by atoms with Crippen molar-refractivity contribution >= 4 is 17.9 Å². The van der Waals surface area contributed by atoms with Gasteiger partial charge in [0.2, 0.25) is 0 Å². The van der Waals surface area contributed by atoms with Crippen LogP contribution in [0.3, 0.4) is 0 Å². The van der Waals surface area contributed by atoms with Crippen LogP contribution in [0.25, 0.3) is 0 Å². The number of halogens is 1. The van der Waals surface area contributed by atoms with Gasteiger partial charge in [-0.05, 0) is 30.7 Å². The highest BCUT2D eigenvalue weighted by molar-refractivity contribution is 6.31. The van der Waals surface area contributed by atoms with Crippen molar-refractivity contribution in [2.24, 2.45) is 0 Å². The van der Waals surface area contributed by atoms with Crippen LogP contribution in [0.15, 0.2) is 55.1 Å². The van der Waals surface area contributed by atoms with Gasteiger partial charge in [0.15, 0.2) is 6.29 Å². The summed E-state index contributed by atoms with van der Waals surface area (Å²) in [6, 6.07) is 12.9. The number of allylic oxidation sites excluding steroid dienone is 1. The molecule has 2 rings (SSSR count). The summed E-state index contributed by atoms with van der Waals surface area (Å²) in [7, 11) is 0. The largest absolute Gasteiger partial charge is 0.490 e. The molecule has 0 saturated heterocycles. The molecule has 0 spiro atoms. The highest BCUT2D eigenvalue weighted by atomic mass is 35.5. The minimum Gasteiger partial charge on any atom is -0.490 e. The van der Waals surface area contributed by atoms with Gasteiger partial charge in [0, 0.05) is 10.6 Å². The van der Waals surface area contributed by atoms with Crippen molar-refractivity contribution < 1.29 is 14.3 Å². The van der Waals surface area contributed by atoms with E-state index in [2.05, 4.69) is 6.58 Å². The van der Waals surface area contributed by atoms with E-state index in [1.54, 1.807) is 18.2 Å². The average molecular weight is 317 g/mol. The van der Waals surface area contributed by atoms with Crippen molar-refractivity contribution in [3.8, 4) is 11.5 Å². The first-order valence-electron chi connectivity index (χ1n) is 6.93. The first kappa shape index (κ1) is 16.1. The number of rotatable bonds is 8. The maximum atomic E-state index is 11.2. The summed E-state index contributed by atoms with van der Waals surface area (Å²) < 4.78 is 11.3. The van der Waals surface area contributed by atoms with Crippen LogP contribution in [0, 0.1) is 0 Å². The number of carbonyl (C=O) groups is 1. The van der Waals surface area contributed by atoms with Crippen molar-refractivity contribution in [2.75, 3.05) is 13.2 Å². The Hall–Kier alpha value is -2.26. The second-order valence-electron chi connectivity index (χ2n) is 4.60. The third-order valence-electron chi connectivity index (χ3n) is 2.99. The van der Waals surface area contributed by atoms with Crippen molar-refractivity contribution in [1.82, 2.24) is 0 Å². The molecule has 0 aliphatic carbocycles. The number of carbonyl (C=O) groups excluding carboxylic acids is 1. The summed E-state index contributed by atoms with van der Waals surface area (Å²) in [6.07, 6.45) is 3.07. The normalized spacial score (nSPS) is 10.0. The van der Waals surface area contributed by atoms with Crippen LogP contribution < -0.4 is 9.47 Å². The number of para-hydroxylation sites is 1. The number of hydrogen-bond acceptors (Lipinski definition) is 3. The molecule has 0 aliphatic heterocycles. The van der Waals surface area contributed by atoms with Gasteiger partial charge in [-0.3, -0.25) is 4.79 Å². The minimum absolute atomic E-state index is 0.335. The van der Waals surface area contributed by atoms with E-state index in [0.29, 0.717) is 36.0 Å². The van der Waals surface area contributed by atoms with Crippen molar-refractivity contribution in [1.29, 1.82) is 0 Å². The Morgan fingerprint density at radius 3 is 2.50 bits per heavy atom. The lowest BCUT2D eigenvalue weighted by Crippen LogP contribution is -2.11. The number of hydrogen-bond donors (Lipinski definition) is 0. The van der Waals surface area contributed by atoms with Gasteiger partial charge in [0.25, 0.3) is 0 Å². The quantitative estimate of drug-likeness (QED) is 0.413. The molecule has 2 aromatic rings. The van der Waals surface area contributed by atoms with Crippen LogP contribution in [0.4, 0.5) is 0 Å². The molecule has 2 aromatic carbocycles. The average Bonchev–Trinajstić information content (AvgIpc) is 2.54. The second kappa shape index (κ2) is 8.25. The van der Waals surface area contributed by atoms with Crippen LogP contribution in [0.2, 0.25) is 5.02 Å². The maximum Gasteiger partial charge on any atom is 0.153 e. The number of aldehydes is 1. The summed E-state index contributed by atoms with van der Waals surface area (Å²) in [5.74, 6) is 1.32. The zero-order valence-electron chi connectivity index (χ0n) is 12.1. The van der Waals surface area contributed by atoms with Gasteiger partial charge < -0.3 is 9.47 Å². The predicted molar refractivity (Wildman–Crippen MR) is 88.2 cm³/mol. The molecule has 4 heteroatoms. The Kier molecular flexibility index (Phi) is 6.04. The fraction of sp³-hybridized carbons (Fsp3) is 0.167. The predicted octanol–water partition coefficient (Wildman–Crippen LogP) is 4.34. The van der Waals surface area contributed by atoms with E-state index in [4.69, 9.17) is 21.1 Å². The Balaban J connectivity index is 2.02. The van der Waals surface area contributed by atoms with Crippen LogP contribution in [0.1, 0.15) is 15.9 Å². The Bertz CT molecular complexity index is 638. The second-order valence-corrected chi connectivity index (χ2v) is 5.04. The lowest BCUT2D eigenvalue weighted by Gasteiger charge is -2.14. The van der Waals surface area contributed by atoms with Crippen LogP contribution in [-0.4, -0.2) is 19.5 Å². The molecule has 114 valence electrons. The van der Waals surface area contributed by atoms with Gasteiger partial charge in [-0.15, -0.1) is 6.58 Å². The summed E-state index contributed by atoms with van der Waals surface area (Å²) in [5.41, 5.74) is 1.27. The molecule has 0 heterocycles. The molecule has 0 atom stereocenters. The number of ether oxygens (including phenoxy) is 2. The maximum absolute atomic E-state index is 11.2. The third-order valence-corrected chi connectivity index (χ3v) is 3.21. The van der Waals surface area contributed by atoms with E-state index in [9.17, 15) is 4.79 Å². The summed E-state index contributed by atoms with van der Waals surface area (Å²) in [4.78, 5) is 11.2. The fourth-order valence-corrected chi connectivity index (χ4v) is 2.31. The van der Waals surface area contributed by atoms with E-state index in [1.807, 2.05) is 30.3 Å². The van der Waals surface area contributed by atoms with Gasteiger partial charge >= 0.3 is 0 Å². The highest BCUT2D eigenvalue weighted by Crippen LogP contribution is 2.28. The fourth-order valence-electron chi connectivity index (χ4n) is 2.06. The number of benzene rings is 2. The molecule has 0 saturated carbocycles. The van der Waals surface area contributed by atoms with Gasteiger partial charge in [0.1, 0.15) is 24.7 Å². The van der Waals surface area contributed by atoms with Gasteiger partial charge in [-0.25, -0.2) is 0 Å². The first-order chi connectivity index (χ1) is 10.7. The van der Waals surface area contributed by atoms with Gasteiger partial charge in [-0.1, -0.05) is 35.9 Å². The van der Waals surface area contributed by atoms with Crippen LogP contribution in [-0.2, 0) is 6.42 Å². The topological polar surface area (TPSA) is 35.5 Å². The van der Waals surface area contributed by atoms with Crippen LogP contribution in [0.5, 0.6) is 11.5 Å². The molecule has 0 aromatic heterocycles. The van der Waals surface area contributed by atoms with Gasteiger partial charge in [-0.2, -0.15) is 0 Å². The third kappa shape index (κ3) is 4.37. The smallest absolute Gasteiger partial charge is 0.153 e. The molecule has 0 aliphatic rings. The molecule has 22 heavy (non-hydrogen) atoms. The minimum atomic E-state index is 0.335. The Labute approximate surface area is 135 Å². The van der Waals surface area contributed by atoms with E-state index in [0.717, 1.165) is 17.6 Å². The first-order valence-corrected chi connectivity index (χ1v) is 7.31. The Morgan fingerprint density at radius 2 is 1.82 bits per heavy atom. The molecule has 0 amide bonds. The lowest BCUT2D eigenvalue weighted by molar-refractivity contribution is 0.111. The molecular formula is C18H17ClO3. The van der Waals surface area contributed by atoms with Crippen molar-refractivity contribution in [2.45, 2.75) is 6.42 Å². The van der Waals surface area contributed by atoms with Crippen molar-refractivity contribution in [3.05, 3.63) is 71.3 Å². The molecule has 0 unspecified atom stereocenters. The molecule has 0 radical (unpaired) electrons. The van der Waals surface area contributed by atoms with E-state index in [1.165, 1.54) is 0 Å². The van der Waals surface area contributed by atoms with Crippen LogP contribution >= 0.6 is 11.6 Å². The van der Waals surface area contributed by atoms with Gasteiger partial charge in [0.05, 0.1) is 5.56 Å². The summed E-state index contributed by atoms with van der Waals surface area (Å²) in [6.45, 7) is 4.43. The summed E-state index contributed by atoms with van der Waals surface area (Å²) >= 11 is 6.00. The standard InChI is InChI=1S/C18H17ClO3/c1-2-6-14-11-16(19)12-15(13-20)18(14)22-10-9-21-17-7-4-3-5-8-17/h2-5,7-8,11-13H,1,6,9-10H2. The molecular weight excluding hydrogens is 300 g/mol. The SMILES string of the molecule is C=CCc1cc(Cl)cc(C=O)c1OCCOc1ccccc1. The highest BCUT2D eigenvalue weighted by Gasteiger charge is 2.11. The lowest BCUT2D eigenvalue weighted by atomic mass is 10.1. The zero-order valence-corrected chi connectivity index (χ0v) is 12.9. The van der Waals surface area contributed by atoms with E-state index < -0.39 is 0 Å².